The van der Waals surface area contributed by atoms with Crippen molar-refractivity contribution < 1.29 is 28.9 Å². The number of nitrogens with zero attached hydrogens (tertiary/aromatic N) is 2. The van der Waals surface area contributed by atoms with E-state index in [4.69, 9.17) is 9.84 Å². The van der Waals surface area contributed by atoms with E-state index in [0.717, 1.165) is 43.1 Å². The van der Waals surface area contributed by atoms with Crippen LogP contribution < -0.4 is 16.3 Å². The summed E-state index contributed by atoms with van der Waals surface area (Å²) in [5, 5.41) is 23.8. The number of carbonyl (C=O) groups excluding carboxylic acids is 2. The number of hydrogen-bond acceptors (Lipinski definition) is 7. The quantitative estimate of drug-likeness (QED) is 0.138. The molecule has 1 aliphatic rings. The standard InChI is InChI=1S/C29H47FN4O6/c1-2-3-4-5-6-7-8-9-10-11-12-13-14-15-16-17-24(36)31-20-25(37)32-23-18-19-34(29(39)33-23)28-26(30)27(38)22(21-35)40-28/h9-10,18-19,22,26-28,35,38H,2-8,11-17,20-21H2,1H3,(H,31,36)(H,32,33,37,39). The maximum absolute atomic E-state index is 14.2. The minimum Gasteiger partial charge on any atom is -0.394 e. The maximum Gasteiger partial charge on any atom is 0.351 e. The molecule has 0 aliphatic carbocycles. The highest BCUT2D eigenvalue weighted by molar-refractivity contribution is 5.93. The average molecular weight is 567 g/mol. The van der Waals surface area contributed by atoms with Gasteiger partial charge in [0.1, 0.15) is 18.0 Å². The second kappa shape index (κ2) is 19.4. The molecule has 0 spiro atoms. The molecular weight excluding hydrogens is 519 g/mol. The van der Waals surface area contributed by atoms with E-state index in [9.17, 15) is 23.9 Å². The van der Waals surface area contributed by atoms with Gasteiger partial charge in [-0.15, -0.1) is 0 Å². The predicted molar refractivity (Wildman–Crippen MR) is 151 cm³/mol. The fourth-order valence-corrected chi connectivity index (χ4v) is 4.56. The Morgan fingerprint density at radius 2 is 1.65 bits per heavy atom. The lowest BCUT2D eigenvalue weighted by molar-refractivity contribution is -0.124. The van der Waals surface area contributed by atoms with Crippen molar-refractivity contribution >= 4 is 17.6 Å². The first-order valence-electron chi connectivity index (χ1n) is 14.8. The zero-order chi connectivity index (χ0) is 29.2. The highest BCUT2D eigenvalue weighted by Crippen LogP contribution is 2.30. The molecule has 1 fully saturated rings. The summed E-state index contributed by atoms with van der Waals surface area (Å²) in [5.41, 5.74) is -0.899. The summed E-state index contributed by atoms with van der Waals surface area (Å²) < 4.78 is 20.3. The Morgan fingerprint density at radius 1 is 1.02 bits per heavy atom. The Morgan fingerprint density at radius 3 is 2.25 bits per heavy atom. The van der Waals surface area contributed by atoms with E-state index < -0.39 is 42.8 Å². The van der Waals surface area contributed by atoms with Crippen molar-refractivity contribution in [3.05, 3.63) is 34.9 Å². The van der Waals surface area contributed by atoms with Gasteiger partial charge in [-0.3, -0.25) is 14.2 Å². The number of anilines is 1. The third-order valence-electron chi connectivity index (χ3n) is 6.96. The summed E-state index contributed by atoms with van der Waals surface area (Å²) in [6, 6.07) is 1.28. The van der Waals surface area contributed by atoms with Crippen LogP contribution in [0.5, 0.6) is 0 Å². The molecule has 4 N–H and O–H groups in total. The van der Waals surface area contributed by atoms with Gasteiger partial charge in [-0.05, 0) is 38.2 Å². The molecule has 1 saturated heterocycles. The van der Waals surface area contributed by atoms with Gasteiger partial charge in [0.2, 0.25) is 11.8 Å². The number of halogens is 1. The molecule has 10 nitrogen and oxygen atoms in total. The molecule has 11 heteroatoms. The number of rotatable bonds is 20. The van der Waals surface area contributed by atoms with Crippen molar-refractivity contribution in [1.29, 1.82) is 0 Å². The molecule has 40 heavy (non-hydrogen) atoms. The van der Waals surface area contributed by atoms with E-state index in [1.807, 2.05) is 0 Å². The topological polar surface area (TPSA) is 143 Å². The monoisotopic (exact) mass is 566 g/mol. The molecule has 1 aromatic heterocycles. The fourth-order valence-electron chi connectivity index (χ4n) is 4.56. The van der Waals surface area contributed by atoms with Crippen LogP contribution in [0.25, 0.3) is 0 Å². The van der Waals surface area contributed by atoms with Crippen molar-refractivity contribution in [1.82, 2.24) is 14.9 Å². The van der Waals surface area contributed by atoms with E-state index >= 15 is 0 Å². The van der Waals surface area contributed by atoms with E-state index in [-0.39, 0.29) is 18.3 Å². The zero-order valence-corrected chi connectivity index (χ0v) is 23.7. The molecule has 4 unspecified atom stereocenters. The number of ether oxygens (including phenoxy) is 1. The van der Waals surface area contributed by atoms with Crippen LogP contribution in [0.2, 0.25) is 0 Å². The van der Waals surface area contributed by atoms with Crippen molar-refractivity contribution in [3.63, 3.8) is 0 Å². The van der Waals surface area contributed by atoms with E-state index in [0.29, 0.717) is 6.42 Å². The first-order chi connectivity index (χ1) is 19.4. The van der Waals surface area contributed by atoms with Crippen molar-refractivity contribution in [2.45, 2.75) is 121 Å². The van der Waals surface area contributed by atoms with Crippen LogP contribution in [-0.4, -0.2) is 63.1 Å². The van der Waals surface area contributed by atoms with Crippen molar-refractivity contribution in [2.24, 2.45) is 0 Å². The number of unbranched alkanes of at least 4 members (excludes halogenated alkanes) is 11. The number of aliphatic hydroxyl groups excluding tert-OH is 2. The lowest BCUT2D eigenvalue weighted by Crippen LogP contribution is -2.35. The molecule has 4 atom stereocenters. The molecule has 2 heterocycles. The zero-order valence-electron chi connectivity index (χ0n) is 23.7. The molecule has 0 bridgehead atoms. The lowest BCUT2D eigenvalue weighted by Gasteiger charge is -2.16. The number of alkyl halides is 1. The molecule has 1 aliphatic heterocycles. The molecule has 2 amide bonds. The molecular formula is C29H47FN4O6. The number of nitrogens with one attached hydrogen (secondary N) is 2. The van der Waals surface area contributed by atoms with Gasteiger partial charge in [0.25, 0.3) is 0 Å². The van der Waals surface area contributed by atoms with Crippen LogP contribution in [-0.2, 0) is 14.3 Å². The smallest absolute Gasteiger partial charge is 0.351 e. The Labute approximate surface area is 236 Å². The second-order valence-electron chi connectivity index (χ2n) is 10.3. The first-order valence-corrected chi connectivity index (χ1v) is 14.8. The Kier molecular flexibility index (Phi) is 16.3. The fraction of sp³-hybridized carbons (Fsp3) is 0.724. The van der Waals surface area contributed by atoms with Gasteiger partial charge in [0.15, 0.2) is 12.4 Å². The lowest BCUT2D eigenvalue weighted by atomic mass is 10.1. The van der Waals surface area contributed by atoms with Gasteiger partial charge in [-0.1, -0.05) is 70.4 Å². The minimum atomic E-state index is -1.92. The van der Waals surface area contributed by atoms with Gasteiger partial charge in [0.05, 0.1) is 13.2 Å². The summed E-state index contributed by atoms with van der Waals surface area (Å²) in [7, 11) is 0. The summed E-state index contributed by atoms with van der Waals surface area (Å²) in [5.74, 6) is -0.843. The minimum absolute atomic E-state index is 0.0644. The molecule has 0 aromatic carbocycles. The number of allylic oxidation sites excluding steroid dienone is 2. The summed E-state index contributed by atoms with van der Waals surface area (Å²) >= 11 is 0. The normalized spacial score (nSPS) is 20.7. The highest BCUT2D eigenvalue weighted by atomic mass is 19.1. The van der Waals surface area contributed by atoms with Crippen LogP contribution in [0.3, 0.4) is 0 Å². The van der Waals surface area contributed by atoms with E-state index in [1.165, 1.54) is 57.2 Å². The van der Waals surface area contributed by atoms with E-state index in [1.54, 1.807) is 0 Å². The molecule has 226 valence electrons. The van der Waals surface area contributed by atoms with Gasteiger partial charge in [0, 0.05) is 12.6 Å². The van der Waals surface area contributed by atoms with Gasteiger partial charge in [-0.25, -0.2) is 9.18 Å². The second-order valence-corrected chi connectivity index (χ2v) is 10.3. The highest BCUT2D eigenvalue weighted by Gasteiger charge is 2.45. The third kappa shape index (κ3) is 12.3. The number of carbonyl (C=O) groups is 2. The van der Waals surface area contributed by atoms with Crippen molar-refractivity contribution in [3.8, 4) is 0 Å². The third-order valence-corrected chi connectivity index (χ3v) is 6.96. The largest absolute Gasteiger partial charge is 0.394 e. The van der Waals surface area contributed by atoms with Crippen LogP contribution in [0.15, 0.2) is 29.2 Å². The van der Waals surface area contributed by atoms with E-state index in [2.05, 4.69) is 34.7 Å². The van der Waals surface area contributed by atoms with Crippen LogP contribution in [0.4, 0.5) is 10.2 Å². The predicted octanol–water partition coefficient (Wildman–Crippen LogP) is 3.92. The Hall–Kier alpha value is -2.63. The van der Waals surface area contributed by atoms with Crippen molar-refractivity contribution in [2.75, 3.05) is 18.5 Å². The van der Waals surface area contributed by atoms with Crippen LogP contribution in [0, 0.1) is 0 Å². The number of aliphatic hydroxyl groups is 2. The molecule has 0 radical (unpaired) electrons. The molecule has 2 rings (SSSR count). The van der Waals surface area contributed by atoms with Crippen LogP contribution >= 0.6 is 0 Å². The SMILES string of the molecule is CCCCCCCCC=CCCCCCCCC(=O)NCC(=O)Nc1ccn(C2OC(CO)C(O)C2F)c(=O)n1. The number of amides is 2. The Bertz CT molecular complexity index is 972. The summed E-state index contributed by atoms with van der Waals surface area (Å²) in [6.45, 7) is 1.37. The average Bonchev–Trinajstić information content (AvgIpc) is 3.22. The van der Waals surface area contributed by atoms with Gasteiger partial charge >= 0.3 is 5.69 Å². The number of hydrogen-bond donors (Lipinski definition) is 4. The summed E-state index contributed by atoms with van der Waals surface area (Å²) in [6.07, 6.45) is 15.3. The number of aromatic nitrogens is 2. The maximum atomic E-state index is 14.2. The van der Waals surface area contributed by atoms with Gasteiger partial charge in [-0.2, -0.15) is 4.98 Å². The Balaban J connectivity index is 1.52. The van der Waals surface area contributed by atoms with Crippen LogP contribution in [0.1, 0.15) is 103 Å². The summed E-state index contributed by atoms with van der Waals surface area (Å²) in [4.78, 5) is 40.1. The first kappa shape index (κ1) is 33.6. The molecule has 1 aromatic rings. The van der Waals surface area contributed by atoms with Gasteiger partial charge < -0.3 is 25.6 Å². The molecule has 0 saturated carbocycles.